The molecule has 0 aliphatic rings. The molecule has 0 unspecified atom stereocenters. The van der Waals surface area contributed by atoms with E-state index in [1.54, 1.807) is 23.5 Å². The maximum atomic E-state index is 13.5. The number of nitrogens with one attached hydrogen (secondary N) is 1. The van der Waals surface area contributed by atoms with Gasteiger partial charge in [0.25, 0.3) is 0 Å². The Labute approximate surface area is 111 Å². The van der Waals surface area contributed by atoms with E-state index in [0.717, 1.165) is 6.54 Å². The molecule has 0 saturated heterocycles. The second-order valence-corrected chi connectivity index (χ2v) is 5.75. The number of aryl methyl sites for hydroxylation is 2. The zero-order chi connectivity index (χ0) is 13.1. The molecule has 0 amide bonds. The summed E-state index contributed by atoms with van der Waals surface area (Å²) in [7, 11) is 0. The first-order valence-electron chi connectivity index (χ1n) is 5.87. The van der Waals surface area contributed by atoms with Gasteiger partial charge < -0.3 is 11.1 Å². The number of hydrogen-bond donors (Lipinski definition) is 2. The maximum Gasteiger partial charge on any atom is 0.129 e. The highest BCUT2D eigenvalue weighted by atomic mass is 32.1. The summed E-state index contributed by atoms with van der Waals surface area (Å²) in [5.41, 5.74) is 7.93. The minimum Gasteiger partial charge on any atom is -0.399 e. The topological polar surface area (TPSA) is 38.0 Å². The summed E-state index contributed by atoms with van der Waals surface area (Å²) in [5, 5.41) is 3.25. The van der Waals surface area contributed by atoms with Crippen LogP contribution in [0.1, 0.15) is 20.9 Å². The quantitative estimate of drug-likeness (QED) is 0.831. The normalized spacial score (nSPS) is 10.8. The molecule has 2 nitrogen and oxygen atoms in total. The first-order valence-corrected chi connectivity index (χ1v) is 6.68. The zero-order valence-electron chi connectivity index (χ0n) is 10.6. The molecule has 2 rings (SSSR count). The lowest BCUT2D eigenvalue weighted by atomic mass is 10.2. The molecule has 4 heteroatoms. The van der Waals surface area contributed by atoms with Gasteiger partial charge in [0.05, 0.1) is 0 Å². The molecule has 0 saturated carbocycles. The lowest BCUT2D eigenvalue weighted by Gasteiger charge is -2.05. The first kappa shape index (κ1) is 13.1. The highest BCUT2D eigenvalue weighted by Gasteiger charge is 2.04. The van der Waals surface area contributed by atoms with Gasteiger partial charge in [-0.1, -0.05) is 6.07 Å². The molecule has 0 fully saturated rings. The molecule has 1 aromatic heterocycles. The number of benzene rings is 1. The first-order chi connectivity index (χ1) is 8.56. The molecule has 1 aromatic carbocycles. The van der Waals surface area contributed by atoms with Crippen LogP contribution in [0, 0.1) is 19.7 Å². The van der Waals surface area contributed by atoms with Crippen molar-refractivity contribution in [1.82, 2.24) is 5.32 Å². The second kappa shape index (κ2) is 5.50. The molecule has 0 radical (unpaired) electrons. The van der Waals surface area contributed by atoms with Crippen LogP contribution in [0.2, 0.25) is 0 Å². The van der Waals surface area contributed by atoms with Gasteiger partial charge in [-0.2, -0.15) is 0 Å². The van der Waals surface area contributed by atoms with Gasteiger partial charge in [0.1, 0.15) is 5.82 Å². The summed E-state index contributed by atoms with van der Waals surface area (Å²) in [6.45, 7) is 5.50. The second-order valence-electron chi connectivity index (χ2n) is 4.41. The number of hydrogen-bond acceptors (Lipinski definition) is 3. The number of halogens is 1. The van der Waals surface area contributed by atoms with Crippen LogP contribution in [0.3, 0.4) is 0 Å². The molecule has 0 spiro atoms. The van der Waals surface area contributed by atoms with E-state index in [9.17, 15) is 4.39 Å². The van der Waals surface area contributed by atoms with Crippen molar-refractivity contribution in [2.75, 3.05) is 5.73 Å². The maximum absolute atomic E-state index is 13.5. The van der Waals surface area contributed by atoms with E-state index < -0.39 is 0 Å². The minimum absolute atomic E-state index is 0.249. The van der Waals surface area contributed by atoms with Gasteiger partial charge in [-0.15, -0.1) is 11.3 Å². The van der Waals surface area contributed by atoms with E-state index in [1.165, 1.54) is 21.4 Å². The van der Waals surface area contributed by atoms with Gasteiger partial charge >= 0.3 is 0 Å². The van der Waals surface area contributed by atoms with Crippen LogP contribution in [0.25, 0.3) is 0 Å². The predicted molar refractivity (Wildman–Crippen MR) is 75.1 cm³/mol. The lowest BCUT2D eigenvalue weighted by molar-refractivity contribution is 0.589. The van der Waals surface area contributed by atoms with E-state index in [0.29, 0.717) is 17.8 Å². The Morgan fingerprint density at radius 3 is 2.61 bits per heavy atom. The average Bonchev–Trinajstić information content (AvgIpc) is 2.61. The van der Waals surface area contributed by atoms with Gasteiger partial charge in [-0.3, -0.25) is 0 Å². The Hall–Kier alpha value is -1.39. The molecule has 1 heterocycles. The van der Waals surface area contributed by atoms with Gasteiger partial charge in [0.15, 0.2) is 0 Å². The van der Waals surface area contributed by atoms with Gasteiger partial charge in [-0.05, 0) is 37.6 Å². The van der Waals surface area contributed by atoms with Crippen LogP contribution in [-0.4, -0.2) is 0 Å². The van der Waals surface area contributed by atoms with E-state index in [4.69, 9.17) is 5.73 Å². The average molecular weight is 264 g/mol. The fraction of sp³-hybridized carbons (Fsp3) is 0.286. The molecule has 3 N–H and O–H groups in total. The van der Waals surface area contributed by atoms with Gasteiger partial charge in [0.2, 0.25) is 0 Å². The molecule has 96 valence electrons. The molecular weight excluding hydrogens is 247 g/mol. The van der Waals surface area contributed by atoms with E-state index in [1.807, 2.05) is 0 Å². The van der Waals surface area contributed by atoms with Crippen molar-refractivity contribution in [1.29, 1.82) is 0 Å². The molecule has 18 heavy (non-hydrogen) atoms. The predicted octanol–water partition coefficient (Wildman–Crippen LogP) is 3.38. The minimum atomic E-state index is -0.249. The SMILES string of the molecule is Cc1cc(CNCc2ccc(N)cc2F)sc1C. The number of thiophene rings is 1. The summed E-state index contributed by atoms with van der Waals surface area (Å²) >= 11 is 1.78. The number of rotatable bonds is 4. The summed E-state index contributed by atoms with van der Waals surface area (Å²) in [6, 6.07) is 6.98. The van der Waals surface area contributed by atoms with Crippen molar-refractivity contribution in [3.8, 4) is 0 Å². The molecule has 0 aliphatic heterocycles. The summed E-state index contributed by atoms with van der Waals surface area (Å²) in [4.78, 5) is 2.62. The summed E-state index contributed by atoms with van der Waals surface area (Å²) in [6.07, 6.45) is 0. The summed E-state index contributed by atoms with van der Waals surface area (Å²) in [5.74, 6) is -0.249. The third-order valence-electron chi connectivity index (χ3n) is 2.91. The van der Waals surface area contributed by atoms with Crippen LogP contribution in [0.4, 0.5) is 10.1 Å². The van der Waals surface area contributed by atoms with Crippen LogP contribution in [-0.2, 0) is 13.1 Å². The molecule has 0 aliphatic carbocycles. The van der Waals surface area contributed by atoms with Crippen molar-refractivity contribution in [3.63, 3.8) is 0 Å². The largest absolute Gasteiger partial charge is 0.399 e. The Bertz CT molecular complexity index is 529. The molecule has 0 bridgehead atoms. The molecule has 2 aromatic rings. The number of nitrogens with two attached hydrogens (primary N) is 1. The van der Waals surface area contributed by atoms with Crippen molar-refractivity contribution < 1.29 is 4.39 Å². The van der Waals surface area contributed by atoms with Crippen molar-refractivity contribution in [2.24, 2.45) is 0 Å². The summed E-state index contributed by atoms with van der Waals surface area (Å²) < 4.78 is 13.5. The van der Waals surface area contributed by atoms with E-state index in [2.05, 4.69) is 25.2 Å². The fourth-order valence-corrected chi connectivity index (χ4v) is 2.79. The van der Waals surface area contributed by atoms with Gasteiger partial charge in [0, 0.05) is 34.1 Å². The fourth-order valence-electron chi connectivity index (χ4n) is 1.76. The Kier molecular flexibility index (Phi) is 3.99. The van der Waals surface area contributed by atoms with Crippen LogP contribution < -0.4 is 11.1 Å². The van der Waals surface area contributed by atoms with Crippen LogP contribution in [0.5, 0.6) is 0 Å². The third-order valence-corrected chi connectivity index (χ3v) is 4.06. The van der Waals surface area contributed by atoms with E-state index in [-0.39, 0.29) is 5.82 Å². The number of nitrogen functional groups attached to an aromatic ring is 1. The Balaban J connectivity index is 1.92. The standard InChI is InChI=1S/C14H17FN2S/c1-9-5-13(18-10(9)2)8-17-7-11-3-4-12(16)6-14(11)15/h3-6,17H,7-8,16H2,1-2H3. The van der Waals surface area contributed by atoms with Crippen molar-refractivity contribution in [2.45, 2.75) is 26.9 Å². The van der Waals surface area contributed by atoms with Crippen LogP contribution in [0.15, 0.2) is 24.3 Å². The van der Waals surface area contributed by atoms with Crippen LogP contribution >= 0.6 is 11.3 Å². The lowest BCUT2D eigenvalue weighted by Crippen LogP contribution is -2.13. The Morgan fingerprint density at radius 1 is 1.22 bits per heavy atom. The highest BCUT2D eigenvalue weighted by molar-refractivity contribution is 7.12. The monoisotopic (exact) mass is 264 g/mol. The Morgan fingerprint density at radius 2 is 2.00 bits per heavy atom. The zero-order valence-corrected chi connectivity index (χ0v) is 11.4. The third kappa shape index (κ3) is 3.09. The van der Waals surface area contributed by atoms with Gasteiger partial charge in [-0.25, -0.2) is 4.39 Å². The van der Waals surface area contributed by atoms with E-state index >= 15 is 0 Å². The smallest absolute Gasteiger partial charge is 0.129 e. The molecular formula is C14H17FN2S. The van der Waals surface area contributed by atoms with Crippen molar-refractivity contribution >= 4 is 17.0 Å². The number of anilines is 1. The molecule has 0 atom stereocenters. The van der Waals surface area contributed by atoms with Crippen molar-refractivity contribution in [3.05, 3.63) is 51.0 Å². The highest BCUT2D eigenvalue weighted by Crippen LogP contribution is 2.20.